The standard InChI is InChI=1S/C48H30N6/c1-3-14-32(15-4-1)46-50-47(34-24-23-31-13-7-8-16-33(31)25-34)52-48(51-46)35-26-37(30-49-29-35)54-43-22-12-10-20-39(43)41-27-40-38-19-9-11-21-42(38)53(44(40)28-45(41)54)36-17-5-2-6-18-36/h1-30H. The molecule has 54 heavy (non-hydrogen) atoms. The van der Waals surface area contributed by atoms with Crippen LogP contribution in [0.25, 0.3) is 99.9 Å². The van der Waals surface area contributed by atoms with E-state index in [1.165, 1.54) is 32.4 Å². The molecule has 11 rings (SSSR count). The van der Waals surface area contributed by atoms with Gasteiger partial charge in [-0.2, -0.15) is 0 Å². The van der Waals surface area contributed by atoms with Crippen LogP contribution in [-0.2, 0) is 0 Å². The van der Waals surface area contributed by atoms with E-state index in [1.807, 2.05) is 42.7 Å². The minimum absolute atomic E-state index is 0.564. The molecule has 0 aliphatic heterocycles. The fourth-order valence-corrected chi connectivity index (χ4v) is 7.92. The SMILES string of the molecule is c1ccc(-c2nc(-c3cncc(-n4c5ccccc5c5cc6c7ccccc7n(-c7ccccc7)c6cc54)c3)nc(-c3ccc4ccccc4c3)n2)cc1. The van der Waals surface area contributed by atoms with Gasteiger partial charge in [-0.1, -0.05) is 121 Å². The molecule has 0 amide bonds. The molecule has 0 atom stereocenters. The van der Waals surface area contributed by atoms with Crippen molar-refractivity contribution in [2.45, 2.75) is 0 Å². The zero-order valence-electron chi connectivity index (χ0n) is 29.0. The number of pyridine rings is 1. The van der Waals surface area contributed by atoms with Crippen molar-refractivity contribution in [1.82, 2.24) is 29.1 Å². The second-order valence-corrected chi connectivity index (χ2v) is 13.6. The summed E-state index contributed by atoms with van der Waals surface area (Å²) in [5.41, 5.74) is 9.23. The second-order valence-electron chi connectivity index (χ2n) is 13.6. The normalized spacial score (nSPS) is 11.7. The van der Waals surface area contributed by atoms with Crippen molar-refractivity contribution in [2.75, 3.05) is 0 Å². The molecule has 7 aromatic carbocycles. The fourth-order valence-electron chi connectivity index (χ4n) is 7.92. The van der Waals surface area contributed by atoms with Crippen LogP contribution in [0.5, 0.6) is 0 Å². The van der Waals surface area contributed by atoms with Gasteiger partial charge in [0, 0.05) is 50.1 Å². The number of hydrogen-bond acceptors (Lipinski definition) is 4. The van der Waals surface area contributed by atoms with Crippen molar-refractivity contribution in [3.8, 4) is 45.5 Å². The summed E-state index contributed by atoms with van der Waals surface area (Å²) in [5, 5.41) is 7.12. The Morgan fingerprint density at radius 2 is 0.870 bits per heavy atom. The highest BCUT2D eigenvalue weighted by Crippen LogP contribution is 2.40. The first-order valence-electron chi connectivity index (χ1n) is 18.1. The first-order chi connectivity index (χ1) is 26.8. The summed E-state index contributed by atoms with van der Waals surface area (Å²) in [6.45, 7) is 0. The zero-order valence-corrected chi connectivity index (χ0v) is 29.0. The molecule has 252 valence electrons. The van der Waals surface area contributed by atoms with Crippen LogP contribution >= 0.6 is 0 Å². The molecule has 0 aliphatic rings. The summed E-state index contributed by atoms with van der Waals surface area (Å²) in [6.07, 6.45) is 3.77. The molecule has 0 saturated carbocycles. The van der Waals surface area contributed by atoms with Crippen LogP contribution < -0.4 is 0 Å². The predicted octanol–water partition coefficient (Wildman–Crippen LogP) is 11.6. The Hall–Kier alpha value is -7.44. The molecule has 0 N–H and O–H groups in total. The summed E-state index contributed by atoms with van der Waals surface area (Å²) in [6, 6.07) is 59.5. The number of hydrogen-bond donors (Lipinski definition) is 0. The lowest BCUT2D eigenvalue weighted by molar-refractivity contribution is 1.06. The lowest BCUT2D eigenvalue weighted by Gasteiger charge is -2.12. The summed E-state index contributed by atoms with van der Waals surface area (Å²) < 4.78 is 4.68. The minimum Gasteiger partial charge on any atom is -0.309 e. The number of rotatable bonds is 5. The van der Waals surface area contributed by atoms with Crippen molar-refractivity contribution in [3.63, 3.8) is 0 Å². The third kappa shape index (κ3) is 4.81. The molecule has 0 spiro atoms. The molecule has 6 nitrogen and oxygen atoms in total. The van der Waals surface area contributed by atoms with Crippen molar-refractivity contribution in [2.24, 2.45) is 0 Å². The quantitative estimate of drug-likeness (QED) is 0.180. The van der Waals surface area contributed by atoms with Crippen LogP contribution in [0.4, 0.5) is 0 Å². The molecule has 0 fully saturated rings. The van der Waals surface area contributed by atoms with Crippen molar-refractivity contribution in [3.05, 3.63) is 182 Å². The van der Waals surface area contributed by atoms with Crippen LogP contribution in [0.3, 0.4) is 0 Å². The highest BCUT2D eigenvalue weighted by Gasteiger charge is 2.20. The summed E-state index contributed by atoms with van der Waals surface area (Å²) in [4.78, 5) is 19.9. The Morgan fingerprint density at radius 1 is 0.315 bits per heavy atom. The highest BCUT2D eigenvalue weighted by atomic mass is 15.0. The van der Waals surface area contributed by atoms with Gasteiger partial charge in [-0.05, 0) is 59.3 Å². The monoisotopic (exact) mass is 690 g/mol. The molecule has 6 heteroatoms. The van der Waals surface area contributed by atoms with Crippen molar-refractivity contribution in [1.29, 1.82) is 0 Å². The molecule has 0 bridgehead atoms. The van der Waals surface area contributed by atoms with Gasteiger partial charge in [0.2, 0.25) is 0 Å². The maximum Gasteiger partial charge on any atom is 0.165 e. The summed E-state index contributed by atoms with van der Waals surface area (Å²) in [7, 11) is 0. The van der Waals surface area contributed by atoms with E-state index in [-0.39, 0.29) is 0 Å². The van der Waals surface area contributed by atoms with Crippen molar-refractivity contribution < 1.29 is 0 Å². The van der Waals surface area contributed by atoms with E-state index in [4.69, 9.17) is 19.9 Å². The van der Waals surface area contributed by atoms with Gasteiger partial charge in [0.15, 0.2) is 17.5 Å². The van der Waals surface area contributed by atoms with E-state index in [9.17, 15) is 0 Å². The second kappa shape index (κ2) is 12.1. The molecule has 4 aromatic heterocycles. The first kappa shape index (κ1) is 30.2. The van der Waals surface area contributed by atoms with Gasteiger partial charge in [0.1, 0.15) is 0 Å². The number of fused-ring (bicyclic) bond motifs is 7. The number of benzene rings is 7. The maximum absolute atomic E-state index is 5.09. The summed E-state index contributed by atoms with van der Waals surface area (Å²) >= 11 is 0. The molecule has 11 aromatic rings. The molecule has 0 unspecified atom stereocenters. The smallest absolute Gasteiger partial charge is 0.165 e. The Bertz CT molecular complexity index is 3220. The van der Waals surface area contributed by atoms with E-state index >= 15 is 0 Å². The maximum atomic E-state index is 5.09. The van der Waals surface area contributed by atoms with Gasteiger partial charge in [-0.3, -0.25) is 4.98 Å². The van der Waals surface area contributed by atoms with Gasteiger partial charge in [0.25, 0.3) is 0 Å². The Kier molecular flexibility index (Phi) is 6.75. The van der Waals surface area contributed by atoms with E-state index in [0.717, 1.165) is 50.0 Å². The van der Waals surface area contributed by atoms with Gasteiger partial charge in [-0.25, -0.2) is 15.0 Å². The zero-order chi connectivity index (χ0) is 35.6. The Labute approximate surface area is 310 Å². The van der Waals surface area contributed by atoms with E-state index in [1.54, 1.807) is 0 Å². The van der Waals surface area contributed by atoms with E-state index in [0.29, 0.717) is 17.5 Å². The minimum atomic E-state index is 0.564. The van der Waals surface area contributed by atoms with Crippen LogP contribution in [0.2, 0.25) is 0 Å². The molecular formula is C48H30N6. The Morgan fingerprint density at radius 3 is 1.57 bits per heavy atom. The lowest BCUT2D eigenvalue weighted by Crippen LogP contribution is -2.02. The summed E-state index contributed by atoms with van der Waals surface area (Å²) in [5.74, 6) is 1.79. The molecule has 4 heterocycles. The van der Waals surface area contributed by atoms with E-state index < -0.39 is 0 Å². The average molecular weight is 691 g/mol. The molecule has 0 saturated heterocycles. The van der Waals surface area contributed by atoms with Gasteiger partial charge in [-0.15, -0.1) is 0 Å². The Balaban J connectivity index is 1.14. The number of aromatic nitrogens is 6. The van der Waals surface area contributed by atoms with Crippen LogP contribution in [-0.4, -0.2) is 29.1 Å². The number of para-hydroxylation sites is 3. The fraction of sp³-hybridized carbons (Fsp3) is 0. The average Bonchev–Trinajstić information content (AvgIpc) is 3.75. The molecular weight excluding hydrogens is 661 g/mol. The predicted molar refractivity (Wildman–Crippen MR) is 220 cm³/mol. The molecule has 0 radical (unpaired) electrons. The first-order valence-corrected chi connectivity index (χ1v) is 18.1. The van der Waals surface area contributed by atoms with Gasteiger partial charge >= 0.3 is 0 Å². The van der Waals surface area contributed by atoms with Crippen molar-refractivity contribution >= 4 is 54.4 Å². The third-order valence-electron chi connectivity index (χ3n) is 10.4. The van der Waals surface area contributed by atoms with E-state index in [2.05, 4.69) is 149 Å². The van der Waals surface area contributed by atoms with Crippen LogP contribution in [0.15, 0.2) is 182 Å². The lowest BCUT2D eigenvalue weighted by atomic mass is 10.1. The highest BCUT2D eigenvalue weighted by molar-refractivity contribution is 6.19. The topological polar surface area (TPSA) is 61.4 Å². The molecule has 0 aliphatic carbocycles. The number of nitrogens with zero attached hydrogens (tertiary/aromatic N) is 6. The largest absolute Gasteiger partial charge is 0.309 e. The van der Waals surface area contributed by atoms with Crippen LogP contribution in [0.1, 0.15) is 0 Å². The van der Waals surface area contributed by atoms with Gasteiger partial charge in [0.05, 0.1) is 34.0 Å². The third-order valence-corrected chi connectivity index (χ3v) is 10.4. The van der Waals surface area contributed by atoms with Gasteiger partial charge < -0.3 is 9.13 Å². The van der Waals surface area contributed by atoms with Crippen LogP contribution in [0, 0.1) is 0 Å².